The molecular formula is C22H20N6O4. The zero-order chi connectivity index (χ0) is 22.2. The second kappa shape index (κ2) is 7.82. The molecule has 10 heteroatoms. The number of carbonyl (C=O) groups is 3. The minimum absolute atomic E-state index is 0.177. The van der Waals surface area contributed by atoms with Gasteiger partial charge in [0, 0.05) is 17.4 Å². The van der Waals surface area contributed by atoms with E-state index in [1.165, 1.54) is 16.2 Å². The van der Waals surface area contributed by atoms with Gasteiger partial charge in [-0.15, -0.1) is 0 Å². The largest absolute Gasteiger partial charge is 0.368 e. The Labute approximate surface area is 183 Å². The molecule has 0 aliphatic carbocycles. The monoisotopic (exact) mass is 432 g/mol. The van der Waals surface area contributed by atoms with Gasteiger partial charge in [0.2, 0.25) is 5.91 Å². The highest BCUT2D eigenvalue weighted by molar-refractivity contribution is 5.92. The lowest BCUT2D eigenvalue weighted by Crippen LogP contribution is -2.41. The van der Waals surface area contributed by atoms with Crippen LogP contribution in [-0.4, -0.2) is 44.3 Å². The molecule has 2 atom stereocenters. The van der Waals surface area contributed by atoms with Crippen molar-refractivity contribution in [1.29, 1.82) is 0 Å². The highest BCUT2D eigenvalue weighted by atomic mass is 16.7. The maximum absolute atomic E-state index is 13.0. The standard InChI is InChI=1S/C22H20N6O4/c23-20(29)19-18-16(11-27(25-18)21(30)24-15-9-5-2-6-10-15)17-12-26(19)22(31)28(17)32-13-14-7-3-1-4-8-14/h1-11,17,19H,12-13H2,(H2,23,29)(H,24,30)/t17-,19+/m1/s1. The van der Waals surface area contributed by atoms with E-state index < -0.39 is 30.1 Å². The number of amides is 4. The molecule has 0 spiro atoms. The number of benzene rings is 2. The van der Waals surface area contributed by atoms with Gasteiger partial charge in [0.15, 0.2) is 6.04 Å². The summed E-state index contributed by atoms with van der Waals surface area (Å²) in [5.74, 6) is -0.725. The molecule has 3 aromatic rings. The van der Waals surface area contributed by atoms with Gasteiger partial charge in [-0.3, -0.25) is 9.63 Å². The van der Waals surface area contributed by atoms with Crippen LogP contribution in [0.5, 0.6) is 0 Å². The first kappa shape index (κ1) is 19.8. The molecule has 32 heavy (non-hydrogen) atoms. The van der Waals surface area contributed by atoms with Gasteiger partial charge in [-0.05, 0) is 17.7 Å². The van der Waals surface area contributed by atoms with Crippen molar-refractivity contribution >= 4 is 23.7 Å². The van der Waals surface area contributed by atoms with Gasteiger partial charge in [0.1, 0.15) is 18.3 Å². The third-order valence-corrected chi connectivity index (χ3v) is 5.50. The third kappa shape index (κ3) is 3.36. The van der Waals surface area contributed by atoms with Crippen LogP contribution in [0.25, 0.3) is 0 Å². The van der Waals surface area contributed by atoms with Crippen LogP contribution >= 0.6 is 0 Å². The fourth-order valence-electron chi connectivity index (χ4n) is 4.01. The third-order valence-electron chi connectivity index (χ3n) is 5.50. The number of para-hydroxylation sites is 1. The van der Waals surface area contributed by atoms with Crippen molar-refractivity contribution < 1.29 is 19.2 Å². The fourth-order valence-corrected chi connectivity index (χ4v) is 4.01. The number of anilines is 1. The van der Waals surface area contributed by atoms with Crippen LogP contribution in [0.3, 0.4) is 0 Å². The van der Waals surface area contributed by atoms with Gasteiger partial charge in [-0.2, -0.15) is 14.8 Å². The Balaban J connectivity index is 1.44. The minimum Gasteiger partial charge on any atom is -0.368 e. The Bertz CT molecular complexity index is 1180. The van der Waals surface area contributed by atoms with Crippen molar-refractivity contribution in [3.8, 4) is 0 Å². The molecule has 2 aliphatic heterocycles. The second-order valence-corrected chi connectivity index (χ2v) is 7.55. The smallest absolute Gasteiger partial charge is 0.346 e. The molecule has 1 saturated heterocycles. The van der Waals surface area contributed by atoms with E-state index >= 15 is 0 Å². The predicted octanol–water partition coefficient (Wildman–Crippen LogP) is 2.41. The van der Waals surface area contributed by atoms with E-state index in [4.69, 9.17) is 10.6 Å². The number of hydrogen-bond acceptors (Lipinski definition) is 5. The van der Waals surface area contributed by atoms with Crippen LogP contribution in [0.15, 0.2) is 66.9 Å². The number of rotatable bonds is 5. The number of nitrogens with one attached hydrogen (secondary N) is 1. The average Bonchev–Trinajstić information content (AvgIpc) is 3.35. The first-order valence-corrected chi connectivity index (χ1v) is 10.0. The molecule has 0 saturated carbocycles. The minimum atomic E-state index is -1.08. The Morgan fingerprint density at radius 3 is 2.47 bits per heavy atom. The van der Waals surface area contributed by atoms with Gasteiger partial charge < -0.3 is 16.0 Å². The van der Waals surface area contributed by atoms with E-state index in [0.717, 1.165) is 10.2 Å². The summed E-state index contributed by atoms with van der Waals surface area (Å²) in [5, 5.41) is 8.28. The highest BCUT2D eigenvalue weighted by Crippen LogP contribution is 2.43. The van der Waals surface area contributed by atoms with Gasteiger partial charge in [0.05, 0.1) is 6.54 Å². The van der Waals surface area contributed by atoms with Gasteiger partial charge >= 0.3 is 12.1 Å². The molecule has 2 aliphatic rings. The highest BCUT2D eigenvalue weighted by Gasteiger charge is 2.52. The van der Waals surface area contributed by atoms with Crippen LogP contribution < -0.4 is 11.1 Å². The van der Waals surface area contributed by atoms with E-state index in [0.29, 0.717) is 11.3 Å². The fraction of sp³-hybridized carbons (Fsp3) is 0.182. The van der Waals surface area contributed by atoms with E-state index in [-0.39, 0.29) is 18.8 Å². The van der Waals surface area contributed by atoms with Crippen molar-refractivity contribution in [2.24, 2.45) is 5.73 Å². The quantitative estimate of drug-likeness (QED) is 0.641. The molecule has 3 N–H and O–H groups in total. The Morgan fingerprint density at radius 1 is 1.09 bits per heavy atom. The Hall–Kier alpha value is -4.18. The first-order chi connectivity index (χ1) is 15.5. The summed E-state index contributed by atoms with van der Waals surface area (Å²) in [4.78, 5) is 45.0. The van der Waals surface area contributed by atoms with Gasteiger partial charge in [-0.25, -0.2) is 9.59 Å². The summed E-state index contributed by atoms with van der Waals surface area (Å²) in [5.41, 5.74) is 7.92. The van der Waals surface area contributed by atoms with Crippen molar-refractivity contribution in [1.82, 2.24) is 19.7 Å². The molecule has 1 fully saturated rings. The predicted molar refractivity (Wildman–Crippen MR) is 113 cm³/mol. The van der Waals surface area contributed by atoms with Crippen LogP contribution in [0.1, 0.15) is 28.9 Å². The molecule has 0 radical (unpaired) electrons. The number of fused-ring (bicyclic) bond motifs is 4. The Kier molecular flexibility index (Phi) is 4.83. The summed E-state index contributed by atoms with van der Waals surface area (Å²) < 4.78 is 1.12. The van der Waals surface area contributed by atoms with Crippen LogP contribution in [0, 0.1) is 0 Å². The normalized spacial score (nSPS) is 19.1. The van der Waals surface area contributed by atoms with Crippen LogP contribution in [0.4, 0.5) is 15.3 Å². The summed E-state index contributed by atoms with van der Waals surface area (Å²) in [6, 6.07) is 15.8. The summed E-state index contributed by atoms with van der Waals surface area (Å²) in [6.45, 7) is 0.385. The zero-order valence-electron chi connectivity index (χ0n) is 16.9. The number of carbonyl (C=O) groups excluding carboxylic acids is 3. The zero-order valence-corrected chi connectivity index (χ0v) is 16.9. The number of nitrogens with zero attached hydrogens (tertiary/aromatic N) is 4. The second-order valence-electron chi connectivity index (χ2n) is 7.55. The molecule has 162 valence electrons. The molecule has 0 unspecified atom stereocenters. The van der Waals surface area contributed by atoms with Gasteiger partial charge in [0.25, 0.3) is 0 Å². The van der Waals surface area contributed by atoms with Crippen LogP contribution in [-0.2, 0) is 16.2 Å². The van der Waals surface area contributed by atoms with Gasteiger partial charge in [-0.1, -0.05) is 48.5 Å². The summed E-state index contributed by atoms with van der Waals surface area (Å²) in [7, 11) is 0. The van der Waals surface area contributed by atoms with Crippen LogP contribution in [0.2, 0.25) is 0 Å². The number of hydrogen-bond donors (Lipinski definition) is 2. The maximum Gasteiger partial charge on any atom is 0.346 e. The SMILES string of the molecule is NC(=O)[C@@H]1c2nn(C(=O)Nc3ccccc3)cc2[C@H]2CN1C(=O)N2OCc1ccccc1. The maximum atomic E-state index is 13.0. The number of urea groups is 1. The van der Waals surface area contributed by atoms with Crippen molar-refractivity contribution in [2.75, 3.05) is 11.9 Å². The van der Waals surface area contributed by atoms with Crippen molar-refractivity contribution in [2.45, 2.75) is 18.7 Å². The number of hydroxylamine groups is 2. The van der Waals surface area contributed by atoms with Crippen molar-refractivity contribution in [3.05, 3.63) is 83.7 Å². The topological polar surface area (TPSA) is 123 Å². The van der Waals surface area contributed by atoms with E-state index in [9.17, 15) is 14.4 Å². The summed E-state index contributed by atoms with van der Waals surface area (Å²) in [6.07, 6.45) is 1.52. The number of aromatic nitrogens is 2. The molecule has 2 aromatic carbocycles. The number of primary amides is 1. The summed E-state index contributed by atoms with van der Waals surface area (Å²) >= 11 is 0. The van der Waals surface area contributed by atoms with E-state index in [1.807, 2.05) is 36.4 Å². The first-order valence-electron chi connectivity index (χ1n) is 10.0. The average molecular weight is 432 g/mol. The lowest BCUT2D eigenvalue weighted by atomic mass is 9.98. The van der Waals surface area contributed by atoms with E-state index in [2.05, 4.69) is 10.4 Å². The molecule has 1 aromatic heterocycles. The Morgan fingerprint density at radius 2 is 1.78 bits per heavy atom. The lowest BCUT2D eigenvalue weighted by molar-refractivity contribution is -0.141. The van der Waals surface area contributed by atoms with E-state index in [1.54, 1.807) is 24.3 Å². The van der Waals surface area contributed by atoms with Crippen molar-refractivity contribution in [3.63, 3.8) is 0 Å². The lowest BCUT2D eigenvalue weighted by Gasteiger charge is -2.26. The molecule has 5 rings (SSSR count). The number of nitrogens with two attached hydrogens (primary N) is 1. The molecule has 2 bridgehead atoms. The molecule has 4 amide bonds. The molecule has 3 heterocycles. The molecular weight excluding hydrogens is 412 g/mol. The molecule has 10 nitrogen and oxygen atoms in total.